The number of hydrogen-bond acceptors (Lipinski definition) is 3. The predicted molar refractivity (Wildman–Crippen MR) is 74.3 cm³/mol. The molecule has 5 nitrogen and oxygen atoms in total. The van der Waals surface area contributed by atoms with Gasteiger partial charge in [-0.2, -0.15) is 0 Å². The van der Waals surface area contributed by atoms with Gasteiger partial charge in [-0.1, -0.05) is 0 Å². The summed E-state index contributed by atoms with van der Waals surface area (Å²) in [5, 5.41) is 11.4. The molecule has 2 N–H and O–H groups in total. The molecule has 6 heteroatoms. The maximum absolute atomic E-state index is 13.2. The van der Waals surface area contributed by atoms with Crippen molar-refractivity contribution >= 4 is 18.0 Å². The Labute approximate surface area is 121 Å². The molecule has 2 rings (SSSR count). The van der Waals surface area contributed by atoms with E-state index in [9.17, 15) is 14.0 Å². The van der Waals surface area contributed by atoms with E-state index in [4.69, 9.17) is 9.84 Å². The number of rotatable bonds is 7. The first-order valence-corrected chi connectivity index (χ1v) is 6.67. The van der Waals surface area contributed by atoms with Gasteiger partial charge in [0.25, 0.3) is 0 Å². The summed E-state index contributed by atoms with van der Waals surface area (Å²) in [6.07, 6.45) is 4.41. The predicted octanol–water partition coefficient (Wildman–Crippen LogP) is 1.97. The molecular formula is C15H16FNO4. The molecule has 1 amide bonds. The molecule has 1 aliphatic carbocycles. The van der Waals surface area contributed by atoms with Gasteiger partial charge in [0.15, 0.2) is 0 Å². The maximum Gasteiger partial charge on any atom is 0.328 e. The fourth-order valence-corrected chi connectivity index (χ4v) is 1.72. The molecule has 1 aliphatic rings. The summed E-state index contributed by atoms with van der Waals surface area (Å²) in [5.41, 5.74) is 0.319. The minimum atomic E-state index is -1.13. The average molecular weight is 293 g/mol. The fraction of sp³-hybridized carbons (Fsp3) is 0.333. The molecule has 0 aromatic heterocycles. The van der Waals surface area contributed by atoms with E-state index in [1.807, 2.05) is 0 Å². The van der Waals surface area contributed by atoms with Crippen LogP contribution in [-0.2, 0) is 9.59 Å². The lowest BCUT2D eigenvalue weighted by atomic mass is 10.2. The van der Waals surface area contributed by atoms with E-state index in [1.54, 1.807) is 0 Å². The van der Waals surface area contributed by atoms with Crippen LogP contribution in [0.2, 0.25) is 0 Å². The van der Waals surface area contributed by atoms with E-state index < -0.39 is 11.8 Å². The van der Waals surface area contributed by atoms with E-state index in [2.05, 4.69) is 5.32 Å². The van der Waals surface area contributed by atoms with Crippen molar-refractivity contribution in [1.82, 2.24) is 5.32 Å². The summed E-state index contributed by atoms with van der Waals surface area (Å²) in [6, 6.07) is 4.12. The van der Waals surface area contributed by atoms with E-state index in [-0.39, 0.29) is 18.9 Å². The van der Waals surface area contributed by atoms with E-state index in [0.29, 0.717) is 17.4 Å². The quantitative estimate of drug-likeness (QED) is 0.754. The number of amides is 1. The molecule has 0 bridgehead atoms. The number of carbonyl (C=O) groups excluding carboxylic acids is 1. The summed E-state index contributed by atoms with van der Waals surface area (Å²) in [6.45, 7) is 0.151. The second-order valence-electron chi connectivity index (χ2n) is 4.79. The minimum absolute atomic E-state index is 0.0813. The molecule has 1 saturated carbocycles. The number of carboxylic acid groups (broad SMARTS) is 1. The van der Waals surface area contributed by atoms with Crippen molar-refractivity contribution in [2.45, 2.75) is 25.3 Å². The average Bonchev–Trinajstić information content (AvgIpc) is 3.22. The number of carboxylic acids is 1. The van der Waals surface area contributed by atoms with Gasteiger partial charge in [-0.3, -0.25) is 4.79 Å². The number of carbonyl (C=O) groups is 2. The molecule has 1 aromatic carbocycles. The smallest absolute Gasteiger partial charge is 0.328 e. The Morgan fingerprint density at radius 2 is 2.19 bits per heavy atom. The largest absolute Gasteiger partial charge is 0.492 e. The molecule has 0 radical (unpaired) electrons. The van der Waals surface area contributed by atoms with Crippen LogP contribution in [0.1, 0.15) is 24.8 Å². The van der Waals surface area contributed by atoms with Gasteiger partial charge in [0.1, 0.15) is 11.6 Å². The number of halogens is 1. The van der Waals surface area contributed by atoms with Gasteiger partial charge >= 0.3 is 5.97 Å². The standard InChI is InChI=1S/C15H16FNO4/c16-11-2-5-13(10(9-11)1-6-15(19)20)21-8-7-14(18)17-12-3-4-12/h1-2,5-6,9,12H,3-4,7-8H2,(H,17,18)(H,19,20)/b6-1+. The van der Waals surface area contributed by atoms with Crippen molar-refractivity contribution in [3.05, 3.63) is 35.7 Å². The van der Waals surface area contributed by atoms with Crippen molar-refractivity contribution in [3.8, 4) is 5.75 Å². The number of nitrogens with one attached hydrogen (secondary N) is 1. The second kappa shape index (κ2) is 6.88. The van der Waals surface area contributed by atoms with Gasteiger partial charge in [-0.05, 0) is 37.1 Å². The summed E-state index contributed by atoms with van der Waals surface area (Å²) < 4.78 is 18.6. The summed E-state index contributed by atoms with van der Waals surface area (Å²) >= 11 is 0. The molecule has 0 aliphatic heterocycles. The van der Waals surface area contributed by atoms with Crippen molar-refractivity contribution in [2.24, 2.45) is 0 Å². The normalized spacial score (nSPS) is 14.1. The topological polar surface area (TPSA) is 75.6 Å². The van der Waals surface area contributed by atoms with Crippen LogP contribution in [0.25, 0.3) is 6.08 Å². The Hall–Kier alpha value is -2.37. The lowest BCUT2D eigenvalue weighted by molar-refractivity contribution is -0.131. The van der Waals surface area contributed by atoms with E-state index in [0.717, 1.165) is 18.9 Å². The molecule has 21 heavy (non-hydrogen) atoms. The van der Waals surface area contributed by atoms with Crippen LogP contribution < -0.4 is 10.1 Å². The molecule has 1 fully saturated rings. The van der Waals surface area contributed by atoms with Gasteiger partial charge in [-0.25, -0.2) is 9.18 Å². The molecular weight excluding hydrogens is 277 g/mol. The Bertz CT molecular complexity index is 567. The Balaban J connectivity index is 1.91. The van der Waals surface area contributed by atoms with Crippen LogP contribution in [-0.4, -0.2) is 29.6 Å². The van der Waals surface area contributed by atoms with Crippen molar-refractivity contribution < 1.29 is 23.8 Å². The summed E-state index contributed by atoms with van der Waals surface area (Å²) in [7, 11) is 0. The van der Waals surface area contributed by atoms with Crippen LogP contribution >= 0.6 is 0 Å². The molecule has 0 spiro atoms. The highest BCUT2D eigenvalue weighted by Gasteiger charge is 2.22. The van der Waals surface area contributed by atoms with Crippen molar-refractivity contribution in [1.29, 1.82) is 0 Å². The molecule has 112 valence electrons. The van der Waals surface area contributed by atoms with Crippen molar-refractivity contribution in [3.63, 3.8) is 0 Å². The third-order valence-electron chi connectivity index (χ3n) is 2.91. The summed E-state index contributed by atoms with van der Waals surface area (Å²) in [5.74, 6) is -1.36. The van der Waals surface area contributed by atoms with Crippen LogP contribution in [0.4, 0.5) is 4.39 Å². The second-order valence-corrected chi connectivity index (χ2v) is 4.79. The number of ether oxygens (including phenoxy) is 1. The van der Waals surface area contributed by atoms with Gasteiger partial charge in [0.05, 0.1) is 13.0 Å². The molecule has 0 heterocycles. The Kier molecular flexibility index (Phi) is 4.92. The summed E-state index contributed by atoms with van der Waals surface area (Å²) in [4.78, 5) is 22.0. The number of benzene rings is 1. The fourth-order valence-electron chi connectivity index (χ4n) is 1.72. The third-order valence-corrected chi connectivity index (χ3v) is 2.91. The highest BCUT2D eigenvalue weighted by atomic mass is 19.1. The first-order chi connectivity index (χ1) is 10.0. The van der Waals surface area contributed by atoms with Gasteiger partial charge in [0, 0.05) is 17.7 Å². The molecule has 1 aromatic rings. The highest BCUT2D eigenvalue weighted by Crippen LogP contribution is 2.22. The van der Waals surface area contributed by atoms with Crippen LogP contribution in [0.15, 0.2) is 24.3 Å². The van der Waals surface area contributed by atoms with Gasteiger partial charge in [0.2, 0.25) is 5.91 Å². The Morgan fingerprint density at radius 3 is 2.86 bits per heavy atom. The molecule has 0 saturated heterocycles. The lowest BCUT2D eigenvalue weighted by Gasteiger charge is -2.09. The van der Waals surface area contributed by atoms with Crippen LogP contribution in [0.5, 0.6) is 5.75 Å². The van der Waals surface area contributed by atoms with E-state index >= 15 is 0 Å². The first-order valence-electron chi connectivity index (χ1n) is 6.67. The molecule has 0 atom stereocenters. The van der Waals surface area contributed by atoms with Crippen LogP contribution in [0, 0.1) is 5.82 Å². The zero-order valence-corrected chi connectivity index (χ0v) is 11.3. The van der Waals surface area contributed by atoms with Gasteiger partial charge < -0.3 is 15.2 Å². The maximum atomic E-state index is 13.2. The zero-order chi connectivity index (χ0) is 15.2. The third kappa shape index (κ3) is 5.25. The Morgan fingerprint density at radius 1 is 1.43 bits per heavy atom. The van der Waals surface area contributed by atoms with Crippen molar-refractivity contribution in [2.75, 3.05) is 6.61 Å². The van der Waals surface area contributed by atoms with Crippen LogP contribution in [0.3, 0.4) is 0 Å². The van der Waals surface area contributed by atoms with E-state index in [1.165, 1.54) is 24.3 Å². The lowest BCUT2D eigenvalue weighted by Crippen LogP contribution is -2.26. The highest BCUT2D eigenvalue weighted by molar-refractivity contribution is 5.85. The first kappa shape index (κ1) is 15.0. The minimum Gasteiger partial charge on any atom is -0.492 e. The number of hydrogen-bond donors (Lipinski definition) is 2. The zero-order valence-electron chi connectivity index (χ0n) is 11.3. The van der Waals surface area contributed by atoms with Gasteiger partial charge in [-0.15, -0.1) is 0 Å². The monoisotopic (exact) mass is 293 g/mol. The SMILES string of the molecule is O=C(O)/C=C/c1cc(F)ccc1OCCC(=O)NC1CC1. The number of aliphatic carboxylic acids is 1. The molecule has 0 unspecified atom stereocenters.